The summed E-state index contributed by atoms with van der Waals surface area (Å²) in [5.41, 5.74) is 1.74. The average molecular weight is 379 g/mol. The predicted octanol–water partition coefficient (Wildman–Crippen LogP) is 1.26. The molecule has 2 aromatic heterocycles. The highest BCUT2D eigenvalue weighted by atomic mass is 16.2. The van der Waals surface area contributed by atoms with Crippen LogP contribution in [0.1, 0.15) is 16.1 Å². The Hall–Kier alpha value is -3.64. The number of aromatic amines is 1. The van der Waals surface area contributed by atoms with Crippen LogP contribution >= 0.6 is 0 Å². The predicted molar refractivity (Wildman–Crippen MR) is 106 cm³/mol. The number of nitrogens with one attached hydrogen (secondary N) is 1. The van der Waals surface area contributed by atoms with Crippen molar-refractivity contribution in [2.75, 3.05) is 31.1 Å². The fraction of sp³-hybridized carbons (Fsp3) is 0.263. The number of fused-ring (bicyclic) bond motifs is 1. The van der Waals surface area contributed by atoms with E-state index in [0.29, 0.717) is 37.6 Å². The van der Waals surface area contributed by atoms with Gasteiger partial charge in [-0.1, -0.05) is 18.2 Å². The number of H-pyrrole nitrogens is 1. The number of anilines is 1. The van der Waals surface area contributed by atoms with Gasteiger partial charge < -0.3 is 20.5 Å². The summed E-state index contributed by atoms with van der Waals surface area (Å²) in [6.07, 6.45) is 1.55. The molecule has 0 unspecified atom stereocenters. The van der Waals surface area contributed by atoms with Crippen LogP contribution < -0.4 is 16.6 Å². The van der Waals surface area contributed by atoms with E-state index in [1.54, 1.807) is 24.2 Å². The Bertz CT molecular complexity index is 1100. The highest BCUT2D eigenvalue weighted by Gasteiger charge is 2.26. The summed E-state index contributed by atoms with van der Waals surface area (Å²) in [4.78, 5) is 28.9. The van der Waals surface area contributed by atoms with Gasteiger partial charge in [-0.05, 0) is 12.1 Å². The fourth-order valence-electron chi connectivity index (χ4n) is 3.59. The number of nitrogens with zero attached hydrogens (tertiary/aromatic N) is 5. The van der Waals surface area contributed by atoms with Gasteiger partial charge in [-0.3, -0.25) is 14.7 Å². The van der Waals surface area contributed by atoms with E-state index in [-0.39, 0.29) is 23.2 Å². The third-order valence-corrected chi connectivity index (χ3v) is 5.00. The van der Waals surface area contributed by atoms with Crippen molar-refractivity contribution in [1.82, 2.24) is 25.8 Å². The van der Waals surface area contributed by atoms with E-state index in [2.05, 4.69) is 16.3 Å². The summed E-state index contributed by atoms with van der Waals surface area (Å²) in [6.45, 7) is 2.11. The van der Waals surface area contributed by atoms with Gasteiger partial charge in [0, 0.05) is 44.8 Å². The summed E-state index contributed by atoms with van der Waals surface area (Å²) in [6, 6.07) is 11.3. The number of pyridine rings is 1. The van der Waals surface area contributed by atoms with Crippen LogP contribution in [0.3, 0.4) is 0 Å². The van der Waals surface area contributed by atoms with Crippen LogP contribution in [0.4, 0.5) is 5.69 Å². The van der Waals surface area contributed by atoms with Crippen LogP contribution in [0.15, 0.2) is 41.3 Å². The maximum absolute atomic E-state index is 12.6. The molecule has 0 bridgehead atoms. The molecular weight excluding hydrogens is 358 g/mol. The van der Waals surface area contributed by atoms with E-state index >= 15 is 0 Å². The lowest BCUT2D eigenvalue weighted by atomic mass is 10.1. The fourth-order valence-corrected chi connectivity index (χ4v) is 3.59. The first kappa shape index (κ1) is 19.1. The van der Waals surface area contributed by atoms with Crippen LogP contribution in [0, 0.1) is 11.3 Å². The van der Waals surface area contributed by atoms with Gasteiger partial charge in [0.25, 0.3) is 11.5 Å². The molecule has 0 atom stereocenters. The maximum atomic E-state index is 12.6. The minimum Gasteiger partial charge on any atom is -0.366 e. The normalized spacial score (nSPS) is 13.9. The van der Waals surface area contributed by atoms with E-state index in [4.69, 9.17) is 0 Å². The number of para-hydroxylation sites is 1. The van der Waals surface area contributed by atoms with Gasteiger partial charge in [0.15, 0.2) is 0 Å². The number of rotatable bonds is 2. The molecule has 1 aromatic carbocycles. The summed E-state index contributed by atoms with van der Waals surface area (Å²) >= 11 is 0. The number of aromatic nitrogens is 3. The lowest BCUT2D eigenvalue weighted by Crippen LogP contribution is -2.49. The van der Waals surface area contributed by atoms with Crippen molar-refractivity contribution in [3.63, 3.8) is 0 Å². The summed E-state index contributed by atoms with van der Waals surface area (Å²) in [5.74, 6) is -0.0958. The number of carbonyl (C=O) groups excluding carboxylic acids is 1. The lowest BCUT2D eigenvalue weighted by molar-refractivity contribution is 0.0741. The molecule has 9 heteroatoms. The zero-order chi connectivity index (χ0) is 19.0. The van der Waals surface area contributed by atoms with Crippen molar-refractivity contribution < 1.29 is 4.79 Å². The molecular formula is C19H21N7O2. The molecule has 9 nitrogen and oxygen atoms in total. The molecule has 1 amide bonds. The molecule has 1 aliphatic heterocycles. The molecule has 28 heavy (non-hydrogen) atoms. The number of carbonyl (C=O) groups is 1. The van der Waals surface area contributed by atoms with Gasteiger partial charge in [-0.15, -0.1) is 0 Å². The van der Waals surface area contributed by atoms with E-state index in [1.165, 1.54) is 4.57 Å². The first-order valence-corrected chi connectivity index (χ1v) is 8.67. The highest BCUT2D eigenvalue weighted by molar-refractivity contribution is 5.95. The van der Waals surface area contributed by atoms with Crippen LogP contribution in [-0.2, 0) is 7.05 Å². The number of nitriles is 1. The second kappa shape index (κ2) is 7.54. The first-order valence-electron chi connectivity index (χ1n) is 8.67. The molecule has 1 saturated heterocycles. The largest absolute Gasteiger partial charge is 0.366 e. The second-order valence-corrected chi connectivity index (χ2v) is 6.47. The molecule has 0 radical (unpaired) electrons. The summed E-state index contributed by atoms with van der Waals surface area (Å²) in [7, 11) is 1.68. The van der Waals surface area contributed by atoms with Gasteiger partial charge in [-0.2, -0.15) is 10.4 Å². The van der Waals surface area contributed by atoms with E-state index < -0.39 is 0 Å². The van der Waals surface area contributed by atoms with Gasteiger partial charge in [0.05, 0.1) is 11.2 Å². The molecule has 0 spiro atoms. The zero-order valence-corrected chi connectivity index (χ0v) is 15.6. The molecule has 0 saturated carbocycles. The Morgan fingerprint density at radius 1 is 1.18 bits per heavy atom. The van der Waals surface area contributed by atoms with E-state index in [0.717, 1.165) is 10.9 Å². The van der Waals surface area contributed by atoms with Gasteiger partial charge in [-0.25, -0.2) is 0 Å². The van der Waals surface area contributed by atoms with Crippen molar-refractivity contribution in [3.8, 4) is 6.07 Å². The van der Waals surface area contributed by atoms with E-state index in [9.17, 15) is 14.9 Å². The number of hydrogen-bond donors (Lipinski definition) is 2. The monoisotopic (exact) mass is 379 g/mol. The lowest BCUT2D eigenvalue weighted by Gasteiger charge is -2.36. The molecule has 3 aromatic rings. The molecule has 1 fully saturated rings. The Morgan fingerprint density at radius 3 is 2.54 bits per heavy atom. The number of benzene rings is 1. The Balaban J connectivity index is 0.00000225. The van der Waals surface area contributed by atoms with Crippen molar-refractivity contribution in [1.29, 1.82) is 5.26 Å². The molecule has 4 rings (SSSR count). The first-order chi connectivity index (χ1) is 13.1. The van der Waals surface area contributed by atoms with Crippen molar-refractivity contribution in [2.24, 2.45) is 7.05 Å². The van der Waals surface area contributed by atoms with Gasteiger partial charge >= 0.3 is 0 Å². The van der Waals surface area contributed by atoms with Crippen molar-refractivity contribution >= 4 is 22.5 Å². The summed E-state index contributed by atoms with van der Waals surface area (Å²) < 4.78 is 1.51. The molecule has 0 aliphatic carbocycles. The zero-order valence-electron chi connectivity index (χ0n) is 15.6. The smallest absolute Gasteiger partial charge is 0.271 e. The van der Waals surface area contributed by atoms with Crippen molar-refractivity contribution in [2.45, 2.75) is 0 Å². The number of aryl methyl sites for hydroxylation is 1. The van der Waals surface area contributed by atoms with Crippen LogP contribution in [0.2, 0.25) is 0 Å². The Kier molecular flexibility index (Phi) is 5.15. The Labute approximate surface area is 161 Å². The number of amides is 1. The van der Waals surface area contributed by atoms with Gasteiger partial charge in [0.1, 0.15) is 17.3 Å². The van der Waals surface area contributed by atoms with Crippen LogP contribution in [0.5, 0.6) is 0 Å². The molecule has 4 N–H and O–H groups in total. The molecule has 3 heterocycles. The van der Waals surface area contributed by atoms with E-state index in [1.807, 2.05) is 29.2 Å². The maximum Gasteiger partial charge on any atom is 0.271 e. The second-order valence-electron chi connectivity index (χ2n) is 6.47. The third kappa shape index (κ3) is 3.00. The topological polar surface area (TPSA) is 133 Å². The number of piperazine rings is 1. The standard InChI is InChI=1S/C19H18N6O2.H3N/c1-23-16-5-3-2-4-13(16)17(14(12-20)18(23)26)24-8-10-25(11-9-24)19(27)15-6-7-21-22-15;/h2-7H,8-11H2,1H3,(H,21,22);1H3. The Morgan fingerprint density at radius 2 is 1.89 bits per heavy atom. The minimum absolute atomic E-state index is 0. The summed E-state index contributed by atoms with van der Waals surface area (Å²) in [5, 5.41) is 17.0. The number of hydrogen-bond acceptors (Lipinski definition) is 6. The van der Waals surface area contributed by atoms with Gasteiger partial charge in [0.2, 0.25) is 0 Å². The van der Waals surface area contributed by atoms with Crippen LogP contribution in [0.25, 0.3) is 10.9 Å². The minimum atomic E-state index is -0.304. The van der Waals surface area contributed by atoms with Crippen LogP contribution in [-0.4, -0.2) is 51.8 Å². The highest BCUT2D eigenvalue weighted by Crippen LogP contribution is 2.29. The molecule has 1 aliphatic rings. The third-order valence-electron chi connectivity index (χ3n) is 5.00. The quantitative estimate of drug-likeness (QED) is 0.688. The SMILES string of the molecule is Cn1c(=O)c(C#N)c(N2CCN(C(=O)c3ccn[nH]3)CC2)c2ccccc21.N. The molecule has 144 valence electrons. The average Bonchev–Trinajstić information content (AvgIpc) is 3.25. The van der Waals surface area contributed by atoms with Crippen molar-refractivity contribution in [3.05, 3.63) is 58.1 Å².